The summed E-state index contributed by atoms with van der Waals surface area (Å²) < 4.78 is 0. The predicted octanol–water partition coefficient (Wildman–Crippen LogP) is 0.921. The summed E-state index contributed by atoms with van der Waals surface area (Å²) in [6.45, 7) is 2.88. The third kappa shape index (κ3) is 5.07. The van der Waals surface area contributed by atoms with Crippen molar-refractivity contribution in [1.82, 2.24) is 4.90 Å². The SMILES string of the molecule is CCCCN(C)C(=O)CC(N)=S. The average molecular weight is 188 g/mol. The van der Waals surface area contributed by atoms with Crippen molar-refractivity contribution in [3.63, 3.8) is 0 Å². The molecule has 0 rings (SSSR count). The van der Waals surface area contributed by atoms with Crippen molar-refractivity contribution in [2.24, 2.45) is 5.73 Å². The fraction of sp³-hybridized carbons (Fsp3) is 0.750. The van der Waals surface area contributed by atoms with Crippen LogP contribution in [0.1, 0.15) is 26.2 Å². The highest BCUT2D eigenvalue weighted by molar-refractivity contribution is 7.80. The molecule has 0 aromatic heterocycles. The summed E-state index contributed by atoms with van der Waals surface area (Å²) in [6, 6.07) is 0. The first-order valence-corrected chi connectivity index (χ1v) is 4.51. The van der Waals surface area contributed by atoms with Gasteiger partial charge in [0.15, 0.2) is 0 Å². The van der Waals surface area contributed by atoms with Crippen LogP contribution in [-0.2, 0) is 4.79 Å². The van der Waals surface area contributed by atoms with Crippen LogP contribution in [0.2, 0.25) is 0 Å². The van der Waals surface area contributed by atoms with Gasteiger partial charge in [-0.15, -0.1) is 0 Å². The van der Waals surface area contributed by atoms with Gasteiger partial charge in [0, 0.05) is 13.6 Å². The van der Waals surface area contributed by atoms with E-state index in [0.29, 0.717) is 0 Å². The summed E-state index contributed by atoms with van der Waals surface area (Å²) in [7, 11) is 1.77. The lowest BCUT2D eigenvalue weighted by Crippen LogP contribution is -2.30. The van der Waals surface area contributed by atoms with Gasteiger partial charge in [0.2, 0.25) is 5.91 Å². The summed E-state index contributed by atoms with van der Waals surface area (Å²) in [5, 5.41) is 0. The van der Waals surface area contributed by atoms with Crippen LogP contribution >= 0.6 is 12.2 Å². The van der Waals surface area contributed by atoms with Crippen LogP contribution in [0.25, 0.3) is 0 Å². The maximum absolute atomic E-state index is 11.2. The van der Waals surface area contributed by atoms with E-state index in [4.69, 9.17) is 5.73 Å². The fourth-order valence-electron chi connectivity index (χ4n) is 0.804. The topological polar surface area (TPSA) is 46.3 Å². The van der Waals surface area contributed by atoms with Gasteiger partial charge in [-0.2, -0.15) is 0 Å². The zero-order chi connectivity index (χ0) is 9.56. The van der Waals surface area contributed by atoms with E-state index in [1.54, 1.807) is 11.9 Å². The van der Waals surface area contributed by atoms with Crippen LogP contribution in [0.15, 0.2) is 0 Å². The number of amides is 1. The minimum atomic E-state index is 0.0101. The number of carbonyl (C=O) groups is 1. The average Bonchev–Trinajstić information content (AvgIpc) is 1.98. The number of carbonyl (C=O) groups excluding carboxylic acids is 1. The minimum absolute atomic E-state index is 0.0101. The molecule has 70 valence electrons. The van der Waals surface area contributed by atoms with E-state index in [9.17, 15) is 4.79 Å². The van der Waals surface area contributed by atoms with Crippen LogP contribution in [0, 0.1) is 0 Å². The summed E-state index contributed by atoms with van der Waals surface area (Å²) >= 11 is 4.63. The molecule has 0 aliphatic carbocycles. The molecule has 4 heteroatoms. The van der Waals surface area contributed by atoms with Crippen LogP contribution in [0.3, 0.4) is 0 Å². The fourth-order valence-corrected chi connectivity index (χ4v) is 0.927. The second kappa shape index (κ2) is 5.94. The van der Waals surface area contributed by atoms with E-state index < -0.39 is 0 Å². The van der Waals surface area contributed by atoms with E-state index in [1.807, 2.05) is 0 Å². The van der Waals surface area contributed by atoms with Gasteiger partial charge in [-0.3, -0.25) is 4.79 Å². The molecule has 3 nitrogen and oxygen atoms in total. The first kappa shape index (κ1) is 11.4. The number of nitrogens with zero attached hydrogens (tertiary/aromatic N) is 1. The Morgan fingerprint density at radius 1 is 1.58 bits per heavy atom. The van der Waals surface area contributed by atoms with Gasteiger partial charge >= 0.3 is 0 Å². The lowest BCUT2D eigenvalue weighted by Gasteiger charge is -2.15. The molecule has 0 atom stereocenters. The third-order valence-electron chi connectivity index (χ3n) is 1.60. The molecule has 0 spiro atoms. The Labute approximate surface area is 78.9 Å². The number of hydrogen-bond donors (Lipinski definition) is 1. The minimum Gasteiger partial charge on any atom is -0.393 e. The maximum atomic E-state index is 11.2. The number of rotatable bonds is 5. The molecule has 0 fully saturated rings. The second-order valence-electron chi connectivity index (χ2n) is 2.81. The summed E-state index contributed by atoms with van der Waals surface area (Å²) in [4.78, 5) is 13.2. The summed E-state index contributed by atoms with van der Waals surface area (Å²) in [5.74, 6) is 0.0101. The number of hydrogen-bond acceptors (Lipinski definition) is 2. The normalized spacial score (nSPS) is 9.50. The molecular formula is C8H16N2OS. The largest absolute Gasteiger partial charge is 0.393 e. The second-order valence-corrected chi connectivity index (χ2v) is 3.34. The smallest absolute Gasteiger partial charge is 0.229 e. The molecule has 0 aliphatic heterocycles. The van der Waals surface area contributed by atoms with Crippen molar-refractivity contribution < 1.29 is 4.79 Å². The van der Waals surface area contributed by atoms with Gasteiger partial charge in [-0.25, -0.2) is 0 Å². The molecule has 0 radical (unpaired) electrons. The van der Waals surface area contributed by atoms with Crippen LogP contribution in [0.5, 0.6) is 0 Å². The zero-order valence-corrected chi connectivity index (χ0v) is 8.49. The molecule has 1 amide bonds. The molecule has 0 aliphatic rings. The van der Waals surface area contributed by atoms with Crippen molar-refractivity contribution in [2.45, 2.75) is 26.2 Å². The van der Waals surface area contributed by atoms with Crippen molar-refractivity contribution in [3.8, 4) is 0 Å². The van der Waals surface area contributed by atoms with Crippen LogP contribution in [0.4, 0.5) is 0 Å². The standard InChI is InChI=1S/C8H16N2OS/c1-3-4-5-10(2)8(11)6-7(9)12/h3-6H2,1-2H3,(H2,9,12). The van der Waals surface area contributed by atoms with Crippen molar-refractivity contribution in [2.75, 3.05) is 13.6 Å². The summed E-state index contributed by atoms with van der Waals surface area (Å²) in [6.07, 6.45) is 2.31. The Morgan fingerprint density at radius 2 is 2.17 bits per heavy atom. The Hall–Kier alpha value is -0.640. The maximum Gasteiger partial charge on any atom is 0.229 e. The van der Waals surface area contributed by atoms with Gasteiger partial charge in [0.25, 0.3) is 0 Å². The van der Waals surface area contributed by atoms with Crippen LogP contribution in [-0.4, -0.2) is 29.4 Å². The molecule has 2 N–H and O–H groups in total. The Bertz CT molecular complexity index is 170. The van der Waals surface area contributed by atoms with Crippen molar-refractivity contribution in [3.05, 3.63) is 0 Å². The van der Waals surface area contributed by atoms with E-state index in [-0.39, 0.29) is 17.3 Å². The first-order valence-electron chi connectivity index (χ1n) is 4.10. The van der Waals surface area contributed by atoms with Gasteiger partial charge in [-0.1, -0.05) is 25.6 Å². The molecule has 0 heterocycles. The van der Waals surface area contributed by atoms with Gasteiger partial charge in [-0.05, 0) is 6.42 Å². The molecule has 0 unspecified atom stereocenters. The molecule has 12 heavy (non-hydrogen) atoms. The molecule has 0 saturated carbocycles. The zero-order valence-electron chi connectivity index (χ0n) is 7.67. The van der Waals surface area contributed by atoms with E-state index in [1.165, 1.54) is 0 Å². The van der Waals surface area contributed by atoms with E-state index in [0.717, 1.165) is 19.4 Å². The number of unbranched alkanes of at least 4 members (excludes halogenated alkanes) is 1. The van der Waals surface area contributed by atoms with E-state index >= 15 is 0 Å². The Balaban J connectivity index is 3.69. The van der Waals surface area contributed by atoms with Crippen molar-refractivity contribution in [1.29, 1.82) is 0 Å². The monoisotopic (exact) mass is 188 g/mol. The molecule has 0 aromatic carbocycles. The third-order valence-corrected chi connectivity index (χ3v) is 1.74. The molecule has 0 bridgehead atoms. The molecular weight excluding hydrogens is 172 g/mol. The summed E-state index contributed by atoms with van der Waals surface area (Å²) in [5.41, 5.74) is 5.24. The van der Waals surface area contributed by atoms with Gasteiger partial charge in [0.1, 0.15) is 0 Å². The lowest BCUT2D eigenvalue weighted by atomic mass is 10.3. The quantitative estimate of drug-likeness (QED) is 0.653. The Kier molecular flexibility index (Phi) is 5.62. The van der Waals surface area contributed by atoms with E-state index in [2.05, 4.69) is 19.1 Å². The highest BCUT2D eigenvalue weighted by atomic mass is 32.1. The lowest BCUT2D eigenvalue weighted by molar-refractivity contribution is -0.128. The molecule has 0 aromatic rings. The van der Waals surface area contributed by atoms with Crippen LogP contribution < -0.4 is 5.73 Å². The predicted molar refractivity (Wildman–Crippen MR) is 53.9 cm³/mol. The highest BCUT2D eigenvalue weighted by Gasteiger charge is 2.08. The van der Waals surface area contributed by atoms with Crippen molar-refractivity contribution >= 4 is 23.1 Å². The molecule has 0 saturated heterocycles. The Morgan fingerprint density at radius 3 is 2.58 bits per heavy atom. The number of nitrogens with two attached hydrogens (primary N) is 1. The number of thiocarbonyl (C=S) groups is 1. The first-order chi connectivity index (χ1) is 5.57. The van der Waals surface area contributed by atoms with Gasteiger partial charge in [0.05, 0.1) is 11.4 Å². The highest BCUT2D eigenvalue weighted by Crippen LogP contribution is 1.95. The van der Waals surface area contributed by atoms with Gasteiger partial charge < -0.3 is 10.6 Å².